The zero-order chi connectivity index (χ0) is 24.5. The Bertz CT molecular complexity index is 1050. The quantitative estimate of drug-likeness (QED) is 0.719. The van der Waals surface area contributed by atoms with Gasteiger partial charge < -0.3 is 14.9 Å². The van der Waals surface area contributed by atoms with Crippen molar-refractivity contribution in [1.29, 1.82) is 0 Å². The number of carbonyl (C=O) groups excluding carboxylic acids is 1. The van der Waals surface area contributed by atoms with Crippen LogP contribution in [-0.2, 0) is 12.7 Å². The summed E-state index contributed by atoms with van der Waals surface area (Å²) >= 11 is 0. The number of amides is 1. The maximum absolute atomic E-state index is 13.4. The van der Waals surface area contributed by atoms with E-state index in [1.54, 1.807) is 11.0 Å². The number of carboxylic acid groups (broad SMARTS) is 1. The molecule has 2 saturated heterocycles. The van der Waals surface area contributed by atoms with Crippen molar-refractivity contribution < 1.29 is 27.9 Å². The van der Waals surface area contributed by atoms with Crippen LogP contribution in [0.1, 0.15) is 47.8 Å². The SMILES string of the molecule is CC1CCCCN1c1cc(C(F)(F)F)ccc1CN1CCN(C(=O)n2ccc(C(=O)O)n2)CC1. The van der Waals surface area contributed by atoms with Crippen molar-refractivity contribution in [2.24, 2.45) is 0 Å². The first kappa shape index (κ1) is 24.1. The Labute approximate surface area is 195 Å². The number of carboxylic acids is 1. The van der Waals surface area contributed by atoms with Gasteiger partial charge in [0.25, 0.3) is 0 Å². The van der Waals surface area contributed by atoms with Crippen LogP contribution in [-0.4, -0.2) is 75.5 Å². The van der Waals surface area contributed by atoms with Gasteiger partial charge in [-0.1, -0.05) is 6.07 Å². The molecule has 0 bridgehead atoms. The van der Waals surface area contributed by atoms with Crippen LogP contribution in [0.25, 0.3) is 0 Å². The highest BCUT2D eigenvalue weighted by atomic mass is 19.4. The molecule has 11 heteroatoms. The molecule has 3 heterocycles. The summed E-state index contributed by atoms with van der Waals surface area (Å²) < 4.78 is 41.3. The Hall–Kier alpha value is -3.08. The summed E-state index contributed by atoms with van der Waals surface area (Å²) in [5.74, 6) is -1.20. The highest BCUT2D eigenvalue weighted by molar-refractivity contribution is 5.86. The predicted molar refractivity (Wildman–Crippen MR) is 119 cm³/mol. The van der Waals surface area contributed by atoms with Gasteiger partial charge in [-0.2, -0.15) is 23.0 Å². The minimum atomic E-state index is -4.40. The molecule has 1 amide bonds. The molecule has 2 aromatic rings. The molecular formula is C23H28F3N5O3. The maximum atomic E-state index is 13.4. The number of aromatic carboxylic acids is 1. The molecule has 0 aliphatic carbocycles. The normalized spacial score (nSPS) is 19.9. The smallest absolute Gasteiger partial charge is 0.416 e. The molecule has 184 valence electrons. The number of nitrogens with zero attached hydrogens (tertiary/aromatic N) is 5. The summed E-state index contributed by atoms with van der Waals surface area (Å²) in [6.07, 6.45) is -0.0881. The Kier molecular flexibility index (Phi) is 6.83. The number of halogens is 3. The fourth-order valence-electron chi connectivity index (χ4n) is 4.62. The van der Waals surface area contributed by atoms with Crippen molar-refractivity contribution in [2.75, 3.05) is 37.6 Å². The number of carbonyl (C=O) groups is 2. The molecule has 0 radical (unpaired) electrons. The molecule has 0 saturated carbocycles. The van der Waals surface area contributed by atoms with Gasteiger partial charge in [0.15, 0.2) is 5.69 Å². The molecule has 8 nitrogen and oxygen atoms in total. The lowest BCUT2D eigenvalue weighted by atomic mass is 9.99. The minimum absolute atomic E-state index is 0.176. The molecule has 34 heavy (non-hydrogen) atoms. The van der Waals surface area contributed by atoms with E-state index in [0.717, 1.165) is 42.1 Å². The second-order valence-electron chi connectivity index (χ2n) is 8.88. The van der Waals surface area contributed by atoms with Crippen LogP contribution in [0.4, 0.5) is 23.7 Å². The highest BCUT2D eigenvalue weighted by Gasteiger charge is 2.33. The van der Waals surface area contributed by atoms with Gasteiger partial charge in [-0.15, -0.1) is 0 Å². The van der Waals surface area contributed by atoms with E-state index in [9.17, 15) is 22.8 Å². The topological polar surface area (TPSA) is 81.9 Å². The van der Waals surface area contributed by atoms with E-state index >= 15 is 0 Å². The number of aromatic nitrogens is 2. The number of hydrogen-bond acceptors (Lipinski definition) is 5. The van der Waals surface area contributed by atoms with Crippen LogP contribution in [0.15, 0.2) is 30.5 Å². The molecule has 1 N–H and O–H groups in total. The number of piperazine rings is 1. The standard InChI is InChI=1S/C23H28F3N5O3/c1-16-4-2-3-8-30(16)20-14-18(23(24,25)26)6-5-17(20)15-28-10-12-29(13-11-28)22(34)31-9-7-19(27-31)21(32)33/h5-7,9,14,16H,2-4,8,10-13,15H2,1H3,(H,32,33). The van der Waals surface area contributed by atoms with Gasteiger partial charge in [0.05, 0.1) is 5.56 Å². The first-order valence-corrected chi connectivity index (χ1v) is 11.4. The predicted octanol–water partition coefficient (Wildman–Crippen LogP) is 3.76. The van der Waals surface area contributed by atoms with Crippen molar-refractivity contribution in [1.82, 2.24) is 19.6 Å². The van der Waals surface area contributed by atoms with Crippen molar-refractivity contribution in [3.63, 3.8) is 0 Å². The van der Waals surface area contributed by atoms with Gasteiger partial charge in [0, 0.05) is 57.2 Å². The van der Waals surface area contributed by atoms with Crippen LogP contribution in [0, 0.1) is 0 Å². The van der Waals surface area contributed by atoms with Crippen LogP contribution in [0.5, 0.6) is 0 Å². The van der Waals surface area contributed by atoms with Crippen molar-refractivity contribution in [3.05, 3.63) is 47.3 Å². The van der Waals surface area contributed by atoms with Gasteiger partial charge in [0.2, 0.25) is 0 Å². The lowest BCUT2D eigenvalue weighted by molar-refractivity contribution is -0.137. The molecule has 1 unspecified atom stereocenters. The molecule has 4 rings (SSSR count). The van der Waals surface area contributed by atoms with E-state index in [1.807, 2.05) is 0 Å². The number of benzene rings is 1. The van der Waals surface area contributed by atoms with Crippen LogP contribution in [0.2, 0.25) is 0 Å². The van der Waals surface area contributed by atoms with Crippen LogP contribution < -0.4 is 4.90 Å². The highest BCUT2D eigenvalue weighted by Crippen LogP contribution is 2.36. The zero-order valence-electron chi connectivity index (χ0n) is 19.0. The third-order valence-electron chi connectivity index (χ3n) is 6.57. The molecule has 1 aromatic heterocycles. The fourth-order valence-corrected chi connectivity index (χ4v) is 4.62. The summed E-state index contributed by atoms with van der Waals surface area (Å²) in [6.45, 7) is 5.21. The molecule has 2 aliphatic rings. The number of piperidine rings is 1. The second-order valence-corrected chi connectivity index (χ2v) is 8.88. The fraction of sp³-hybridized carbons (Fsp3) is 0.522. The van der Waals surface area contributed by atoms with Gasteiger partial charge in [-0.05, 0) is 49.9 Å². The van der Waals surface area contributed by atoms with Gasteiger partial charge >= 0.3 is 18.2 Å². The van der Waals surface area contributed by atoms with E-state index < -0.39 is 23.7 Å². The summed E-state index contributed by atoms with van der Waals surface area (Å²) in [6, 6.07) is 5.04. The summed E-state index contributed by atoms with van der Waals surface area (Å²) in [5.41, 5.74) is 0.645. The monoisotopic (exact) mass is 479 g/mol. The summed E-state index contributed by atoms with van der Waals surface area (Å²) in [5, 5.41) is 12.8. The van der Waals surface area contributed by atoms with Crippen LogP contribution in [0.3, 0.4) is 0 Å². The number of alkyl halides is 3. The first-order valence-electron chi connectivity index (χ1n) is 11.4. The lowest BCUT2D eigenvalue weighted by Gasteiger charge is -2.39. The Morgan fingerprint density at radius 1 is 1.09 bits per heavy atom. The number of rotatable bonds is 4. The Balaban J connectivity index is 1.45. The molecule has 2 fully saturated rings. The molecular weight excluding hydrogens is 451 g/mol. The van der Waals surface area contributed by atoms with E-state index in [4.69, 9.17) is 5.11 Å². The van der Waals surface area contributed by atoms with Crippen molar-refractivity contribution >= 4 is 17.7 Å². The summed E-state index contributed by atoms with van der Waals surface area (Å²) in [7, 11) is 0. The number of anilines is 1. The molecule has 0 spiro atoms. The Morgan fingerprint density at radius 2 is 1.82 bits per heavy atom. The first-order chi connectivity index (χ1) is 16.1. The second kappa shape index (κ2) is 9.65. The average Bonchev–Trinajstić information content (AvgIpc) is 3.30. The van der Waals surface area contributed by atoms with E-state index in [-0.39, 0.29) is 11.7 Å². The van der Waals surface area contributed by atoms with E-state index in [1.165, 1.54) is 18.3 Å². The third-order valence-corrected chi connectivity index (χ3v) is 6.57. The van der Waals surface area contributed by atoms with Crippen molar-refractivity contribution in [3.8, 4) is 0 Å². The molecule has 2 aliphatic heterocycles. The average molecular weight is 480 g/mol. The largest absolute Gasteiger partial charge is 0.476 e. The van der Waals surface area contributed by atoms with Crippen LogP contribution >= 0.6 is 0 Å². The van der Waals surface area contributed by atoms with Gasteiger partial charge in [-0.25, -0.2) is 9.59 Å². The number of hydrogen-bond donors (Lipinski definition) is 1. The van der Waals surface area contributed by atoms with E-state index in [0.29, 0.717) is 38.4 Å². The Morgan fingerprint density at radius 3 is 2.44 bits per heavy atom. The van der Waals surface area contributed by atoms with Crippen molar-refractivity contribution in [2.45, 2.75) is 44.9 Å². The minimum Gasteiger partial charge on any atom is -0.476 e. The van der Waals surface area contributed by atoms with Gasteiger partial charge in [0.1, 0.15) is 0 Å². The van der Waals surface area contributed by atoms with E-state index in [2.05, 4.69) is 21.8 Å². The molecule has 1 atom stereocenters. The summed E-state index contributed by atoms with van der Waals surface area (Å²) in [4.78, 5) is 29.4. The maximum Gasteiger partial charge on any atom is 0.416 e. The lowest BCUT2D eigenvalue weighted by Crippen LogP contribution is -2.49. The zero-order valence-corrected chi connectivity index (χ0v) is 19.0. The third kappa shape index (κ3) is 5.19. The molecule has 1 aromatic carbocycles. The van der Waals surface area contributed by atoms with Gasteiger partial charge in [-0.3, -0.25) is 4.90 Å².